The van der Waals surface area contributed by atoms with E-state index in [-0.39, 0.29) is 5.56 Å². The van der Waals surface area contributed by atoms with Crippen LogP contribution in [-0.2, 0) is 16.6 Å². The number of rotatable bonds is 5. The zero-order valence-corrected chi connectivity index (χ0v) is 18.3. The highest BCUT2D eigenvalue weighted by Gasteiger charge is 2.23. The van der Waals surface area contributed by atoms with Crippen molar-refractivity contribution in [2.24, 2.45) is 5.73 Å². The van der Waals surface area contributed by atoms with Crippen molar-refractivity contribution >= 4 is 26.8 Å². The van der Waals surface area contributed by atoms with Crippen LogP contribution >= 0.6 is 0 Å². The van der Waals surface area contributed by atoms with E-state index in [0.717, 1.165) is 5.56 Å². The van der Waals surface area contributed by atoms with Crippen LogP contribution < -0.4 is 11.2 Å². The monoisotopic (exact) mass is 458 g/mol. The van der Waals surface area contributed by atoms with Gasteiger partial charge in [-0.3, -0.25) is 14.5 Å². The molecule has 0 aliphatic carbocycles. The highest BCUT2D eigenvalue weighted by molar-refractivity contribution is 7.88. The summed E-state index contributed by atoms with van der Waals surface area (Å²) < 4.78 is 39.9. The maximum Gasteiger partial charge on any atom is 0.254 e. The van der Waals surface area contributed by atoms with E-state index in [9.17, 15) is 22.4 Å². The van der Waals surface area contributed by atoms with Crippen LogP contribution in [0.3, 0.4) is 0 Å². The van der Waals surface area contributed by atoms with Gasteiger partial charge >= 0.3 is 0 Å². The van der Waals surface area contributed by atoms with Crippen molar-refractivity contribution in [2.75, 3.05) is 32.4 Å². The minimum Gasteiger partial charge on any atom is -0.365 e. The highest BCUT2D eigenvalue weighted by Crippen LogP contribution is 2.21. The van der Waals surface area contributed by atoms with Crippen molar-refractivity contribution in [3.8, 4) is 5.69 Å². The molecule has 1 aliphatic rings. The van der Waals surface area contributed by atoms with Crippen LogP contribution in [0.2, 0.25) is 0 Å². The Morgan fingerprint density at radius 3 is 2.31 bits per heavy atom. The van der Waals surface area contributed by atoms with Crippen LogP contribution in [-0.4, -0.2) is 60.5 Å². The van der Waals surface area contributed by atoms with Crippen molar-refractivity contribution in [3.05, 3.63) is 75.8 Å². The van der Waals surface area contributed by atoms with Crippen molar-refractivity contribution in [2.45, 2.75) is 6.54 Å². The van der Waals surface area contributed by atoms with Crippen LogP contribution in [0.1, 0.15) is 15.9 Å². The second-order valence-corrected chi connectivity index (χ2v) is 9.85. The number of nitrogens with zero attached hydrogens (tertiary/aromatic N) is 3. The first-order chi connectivity index (χ1) is 15.1. The third kappa shape index (κ3) is 4.43. The van der Waals surface area contributed by atoms with E-state index in [1.165, 1.54) is 28.9 Å². The van der Waals surface area contributed by atoms with Crippen LogP contribution in [0.4, 0.5) is 4.39 Å². The van der Waals surface area contributed by atoms with Gasteiger partial charge in [0.2, 0.25) is 15.5 Å². The van der Waals surface area contributed by atoms with Gasteiger partial charge in [-0.05, 0) is 42.0 Å². The fourth-order valence-corrected chi connectivity index (χ4v) is 4.77. The quantitative estimate of drug-likeness (QED) is 0.621. The van der Waals surface area contributed by atoms with Crippen molar-refractivity contribution < 1.29 is 17.6 Å². The maximum atomic E-state index is 13.4. The third-order valence-corrected chi connectivity index (χ3v) is 6.95. The van der Waals surface area contributed by atoms with Gasteiger partial charge in [0.25, 0.3) is 5.91 Å². The standard InChI is InChI=1S/C22H23FN4O4S/c1-32(30,31)26-10-8-25(9-11-26)13-15-2-7-20-18(12-15)21(28)19(22(24)29)14-27(20)17-5-3-16(23)4-6-17/h2-7,12,14H,8-11,13H2,1H3,(H2,24,29). The Kier molecular flexibility index (Phi) is 5.85. The molecule has 1 aromatic heterocycles. The minimum atomic E-state index is -3.21. The molecule has 1 amide bonds. The highest BCUT2D eigenvalue weighted by atomic mass is 32.2. The molecule has 0 saturated carbocycles. The molecule has 2 heterocycles. The Morgan fingerprint density at radius 2 is 1.72 bits per heavy atom. The Balaban J connectivity index is 1.70. The predicted molar refractivity (Wildman–Crippen MR) is 120 cm³/mol. The molecule has 2 aromatic carbocycles. The van der Waals surface area contributed by atoms with Gasteiger partial charge in [0.15, 0.2) is 0 Å². The van der Waals surface area contributed by atoms with Crippen LogP contribution in [0.5, 0.6) is 0 Å². The molecule has 0 spiro atoms. The SMILES string of the molecule is CS(=O)(=O)N1CCN(Cc2ccc3c(c2)c(=O)c(C(N)=O)cn3-c2ccc(F)cc2)CC1. The number of primary amides is 1. The summed E-state index contributed by atoms with van der Waals surface area (Å²) in [5, 5.41) is 0.331. The first-order valence-electron chi connectivity index (χ1n) is 10.0. The molecular formula is C22H23FN4O4S. The number of amides is 1. The van der Waals surface area contributed by atoms with Crippen LogP contribution in [0, 0.1) is 5.82 Å². The lowest BCUT2D eigenvalue weighted by Crippen LogP contribution is -2.47. The number of halogens is 1. The number of piperazine rings is 1. The lowest BCUT2D eigenvalue weighted by atomic mass is 10.1. The molecule has 32 heavy (non-hydrogen) atoms. The topological polar surface area (TPSA) is 106 Å². The average Bonchev–Trinajstić information content (AvgIpc) is 2.74. The normalized spacial score (nSPS) is 15.8. The average molecular weight is 459 g/mol. The first-order valence-corrected chi connectivity index (χ1v) is 11.9. The molecule has 0 atom stereocenters. The van der Waals surface area contributed by atoms with E-state index in [2.05, 4.69) is 4.90 Å². The molecule has 1 saturated heterocycles. The molecule has 168 valence electrons. The van der Waals surface area contributed by atoms with Gasteiger partial charge in [-0.25, -0.2) is 12.8 Å². The minimum absolute atomic E-state index is 0.152. The molecule has 0 radical (unpaired) electrons. The van der Waals surface area contributed by atoms with Gasteiger partial charge in [0, 0.05) is 50.0 Å². The fourth-order valence-electron chi connectivity index (χ4n) is 3.94. The Bertz CT molecular complexity index is 1340. The summed E-state index contributed by atoms with van der Waals surface area (Å²) >= 11 is 0. The van der Waals surface area contributed by atoms with Crippen molar-refractivity contribution in [1.82, 2.24) is 13.8 Å². The van der Waals surface area contributed by atoms with Gasteiger partial charge < -0.3 is 10.3 Å². The number of carbonyl (C=O) groups excluding carboxylic acids is 1. The molecule has 1 fully saturated rings. The smallest absolute Gasteiger partial charge is 0.254 e. The van der Waals surface area contributed by atoms with Gasteiger partial charge in [0.05, 0.1) is 11.8 Å². The number of fused-ring (bicyclic) bond motifs is 1. The van der Waals surface area contributed by atoms with Crippen LogP contribution in [0.25, 0.3) is 16.6 Å². The van der Waals surface area contributed by atoms with E-state index in [1.807, 2.05) is 6.07 Å². The number of carbonyl (C=O) groups is 1. The molecule has 10 heteroatoms. The largest absolute Gasteiger partial charge is 0.365 e. The predicted octanol–water partition coefficient (Wildman–Crippen LogP) is 1.31. The maximum absolute atomic E-state index is 13.4. The molecular weight excluding hydrogens is 435 g/mol. The molecule has 3 aromatic rings. The molecule has 0 unspecified atom stereocenters. The lowest BCUT2D eigenvalue weighted by Gasteiger charge is -2.33. The number of benzene rings is 2. The number of pyridine rings is 1. The van der Waals surface area contributed by atoms with E-state index in [0.29, 0.717) is 49.3 Å². The summed E-state index contributed by atoms with van der Waals surface area (Å²) in [6.45, 7) is 2.51. The second kappa shape index (κ2) is 8.45. The van der Waals surface area contributed by atoms with Gasteiger partial charge in [-0.15, -0.1) is 0 Å². The summed E-state index contributed by atoms with van der Waals surface area (Å²) in [6.07, 6.45) is 2.58. The number of hydrogen-bond donors (Lipinski definition) is 1. The van der Waals surface area contributed by atoms with E-state index in [1.54, 1.807) is 28.8 Å². The Labute approximate surface area is 184 Å². The zero-order valence-electron chi connectivity index (χ0n) is 17.5. The zero-order chi connectivity index (χ0) is 23.0. The number of sulfonamides is 1. The summed E-state index contributed by atoms with van der Waals surface area (Å²) in [7, 11) is -3.21. The Morgan fingerprint density at radius 1 is 1.06 bits per heavy atom. The summed E-state index contributed by atoms with van der Waals surface area (Å²) in [4.78, 5) is 27.0. The van der Waals surface area contributed by atoms with E-state index in [4.69, 9.17) is 5.73 Å². The van der Waals surface area contributed by atoms with Crippen molar-refractivity contribution in [1.29, 1.82) is 0 Å². The Hall–Kier alpha value is -3.08. The van der Waals surface area contributed by atoms with E-state index < -0.39 is 27.2 Å². The van der Waals surface area contributed by atoms with E-state index >= 15 is 0 Å². The van der Waals surface area contributed by atoms with Gasteiger partial charge in [-0.1, -0.05) is 6.07 Å². The summed E-state index contributed by atoms with van der Waals surface area (Å²) in [5.74, 6) is -1.23. The fraction of sp³-hybridized carbons (Fsp3) is 0.273. The first kappa shape index (κ1) is 22.1. The van der Waals surface area contributed by atoms with Gasteiger partial charge in [0.1, 0.15) is 11.4 Å². The second-order valence-electron chi connectivity index (χ2n) is 7.87. The molecule has 4 rings (SSSR count). The van der Waals surface area contributed by atoms with Crippen molar-refractivity contribution in [3.63, 3.8) is 0 Å². The van der Waals surface area contributed by atoms with Gasteiger partial charge in [-0.2, -0.15) is 4.31 Å². The number of nitrogens with two attached hydrogens (primary N) is 1. The third-order valence-electron chi connectivity index (χ3n) is 5.64. The van der Waals surface area contributed by atoms with Crippen LogP contribution in [0.15, 0.2) is 53.5 Å². The molecule has 2 N–H and O–H groups in total. The lowest BCUT2D eigenvalue weighted by molar-refractivity contribution is 0.0999. The summed E-state index contributed by atoms with van der Waals surface area (Å²) in [5.41, 5.74) is 6.83. The molecule has 8 nitrogen and oxygen atoms in total. The summed E-state index contributed by atoms with van der Waals surface area (Å²) in [6, 6.07) is 11.1. The number of aromatic nitrogens is 1. The molecule has 0 bridgehead atoms. The molecule has 1 aliphatic heterocycles. The number of hydrogen-bond acceptors (Lipinski definition) is 5.